The van der Waals surface area contributed by atoms with Gasteiger partial charge < -0.3 is 9.73 Å². The SMILES string of the molecule is O=C(NCc1ccc(-c2ccc(Cl)cc2)o1)c1ccc(F)cc1. The van der Waals surface area contributed by atoms with Crippen molar-refractivity contribution in [2.24, 2.45) is 0 Å². The van der Waals surface area contributed by atoms with Gasteiger partial charge in [-0.25, -0.2) is 4.39 Å². The number of nitrogens with one attached hydrogen (secondary N) is 1. The van der Waals surface area contributed by atoms with Crippen molar-refractivity contribution in [1.29, 1.82) is 0 Å². The van der Waals surface area contributed by atoms with Gasteiger partial charge in [0.1, 0.15) is 17.3 Å². The van der Waals surface area contributed by atoms with Crippen molar-refractivity contribution in [3.8, 4) is 11.3 Å². The van der Waals surface area contributed by atoms with Crippen LogP contribution in [0.1, 0.15) is 16.1 Å². The molecule has 0 aliphatic heterocycles. The average Bonchev–Trinajstić information content (AvgIpc) is 3.03. The highest BCUT2D eigenvalue weighted by Gasteiger charge is 2.08. The number of hydrogen-bond donors (Lipinski definition) is 1. The number of hydrogen-bond acceptors (Lipinski definition) is 2. The van der Waals surface area contributed by atoms with Gasteiger partial charge in [-0.2, -0.15) is 0 Å². The summed E-state index contributed by atoms with van der Waals surface area (Å²) in [6.45, 7) is 0.254. The normalized spacial score (nSPS) is 10.5. The van der Waals surface area contributed by atoms with E-state index in [9.17, 15) is 9.18 Å². The molecule has 0 fully saturated rings. The Balaban J connectivity index is 1.64. The number of amides is 1. The smallest absolute Gasteiger partial charge is 0.251 e. The van der Waals surface area contributed by atoms with Gasteiger partial charge in [-0.15, -0.1) is 0 Å². The lowest BCUT2D eigenvalue weighted by atomic mass is 10.2. The number of halogens is 2. The highest BCUT2D eigenvalue weighted by molar-refractivity contribution is 6.30. The number of carbonyl (C=O) groups is 1. The predicted molar refractivity (Wildman–Crippen MR) is 86.7 cm³/mol. The third kappa shape index (κ3) is 3.79. The molecule has 5 heteroatoms. The number of carbonyl (C=O) groups excluding carboxylic acids is 1. The zero-order chi connectivity index (χ0) is 16.2. The van der Waals surface area contributed by atoms with Crippen LogP contribution in [-0.2, 0) is 6.54 Å². The van der Waals surface area contributed by atoms with Gasteiger partial charge in [0.05, 0.1) is 6.54 Å². The molecule has 1 aromatic heterocycles. The Bertz CT molecular complexity index is 810. The fourth-order valence-corrected chi connectivity index (χ4v) is 2.24. The van der Waals surface area contributed by atoms with Crippen LogP contribution < -0.4 is 5.32 Å². The Morgan fingerprint density at radius 2 is 1.70 bits per heavy atom. The fourth-order valence-electron chi connectivity index (χ4n) is 2.11. The lowest BCUT2D eigenvalue weighted by Crippen LogP contribution is -2.22. The van der Waals surface area contributed by atoms with E-state index in [1.54, 1.807) is 18.2 Å². The summed E-state index contributed by atoms with van der Waals surface area (Å²) < 4.78 is 18.5. The molecule has 0 bridgehead atoms. The summed E-state index contributed by atoms with van der Waals surface area (Å²) in [5.74, 6) is 0.674. The Morgan fingerprint density at radius 3 is 2.39 bits per heavy atom. The molecule has 0 spiro atoms. The predicted octanol–water partition coefficient (Wildman–Crippen LogP) is 4.67. The summed E-state index contributed by atoms with van der Waals surface area (Å²) in [6, 6.07) is 16.3. The van der Waals surface area contributed by atoms with Gasteiger partial charge in [-0.3, -0.25) is 4.79 Å². The van der Waals surface area contributed by atoms with Crippen LogP contribution >= 0.6 is 11.6 Å². The molecule has 1 N–H and O–H groups in total. The van der Waals surface area contributed by atoms with E-state index in [-0.39, 0.29) is 18.3 Å². The van der Waals surface area contributed by atoms with Crippen LogP contribution in [0.4, 0.5) is 4.39 Å². The van der Waals surface area contributed by atoms with Crippen molar-refractivity contribution in [2.75, 3.05) is 0 Å². The summed E-state index contributed by atoms with van der Waals surface area (Å²) in [4.78, 5) is 12.0. The topological polar surface area (TPSA) is 42.2 Å². The van der Waals surface area contributed by atoms with Crippen LogP contribution in [0.3, 0.4) is 0 Å². The Labute approximate surface area is 137 Å². The number of furan rings is 1. The maximum absolute atomic E-state index is 12.8. The van der Waals surface area contributed by atoms with Gasteiger partial charge in [0.25, 0.3) is 5.91 Å². The largest absolute Gasteiger partial charge is 0.459 e. The van der Waals surface area contributed by atoms with Gasteiger partial charge in [0, 0.05) is 16.1 Å². The number of benzene rings is 2. The first-order valence-electron chi connectivity index (χ1n) is 7.00. The number of rotatable bonds is 4. The fraction of sp³-hybridized carbons (Fsp3) is 0.0556. The van der Waals surface area contributed by atoms with Gasteiger partial charge in [-0.05, 0) is 60.7 Å². The van der Waals surface area contributed by atoms with Crippen molar-refractivity contribution in [2.45, 2.75) is 6.54 Å². The van der Waals surface area contributed by atoms with Crippen molar-refractivity contribution in [3.63, 3.8) is 0 Å². The Hall–Kier alpha value is -2.59. The summed E-state index contributed by atoms with van der Waals surface area (Å²) in [6.07, 6.45) is 0. The minimum absolute atomic E-state index is 0.254. The molecule has 23 heavy (non-hydrogen) atoms. The molecule has 0 aliphatic carbocycles. The molecule has 0 unspecified atom stereocenters. The van der Waals surface area contributed by atoms with E-state index >= 15 is 0 Å². The zero-order valence-electron chi connectivity index (χ0n) is 12.1. The van der Waals surface area contributed by atoms with E-state index in [1.807, 2.05) is 18.2 Å². The molecule has 3 aromatic rings. The highest BCUT2D eigenvalue weighted by atomic mass is 35.5. The average molecular weight is 330 g/mol. The standard InChI is InChI=1S/C18H13ClFNO2/c19-14-5-1-12(2-6-14)17-10-9-16(23-17)11-21-18(22)13-3-7-15(20)8-4-13/h1-10H,11H2,(H,21,22). The van der Waals surface area contributed by atoms with E-state index in [2.05, 4.69) is 5.32 Å². The lowest BCUT2D eigenvalue weighted by molar-refractivity contribution is 0.0948. The summed E-state index contributed by atoms with van der Waals surface area (Å²) in [7, 11) is 0. The zero-order valence-corrected chi connectivity index (χ0v) is 12.8. The van der Waals surface area contributed by atoms with Crippen molar-refractivity contribution in [3.05, 3.63) is 82.8 Å². The van der Waals surface area contributed by atoms with E-state index in [0.29, 0.717) is 22.1 Å². The van der Waals surface area contributed by atoms with Crippen LogP contribution in [0.2, 0.25) is 5.02 Å². The van der Waals surface area contributed by atoms with Crippen LogP contribution in [0.15, 0.2) is 65.1 Å². The molecule has 3 rings (SSSR count). The third-order valence-electron chi connectivity index (χ3n) is 3.32. The first-order valence-corrected chi connectivity index (χ1v) is 7.38. The van der Waals surface area contributed by atoms with Crippen LogP contribution in [-0.4, -0.2) is 5.91 Å². The monoisotopic (exact) mass is 329 g/mol. The lowest BCUT2D eigenvalue weighted by Gasteiger charge is -2.03. The molecule has 1 amide bonds. The molecule has 0 aliphatic rings. The van der Waals surface area contributed by atoms with E-state index < -0.39 is 0 Å². The van der Waals surface area contributed by atoms with Crippen molar-refractivity contribution in [1.82, 2.24) is 5.32 Å². The molecular formula is C18H13ClFNO2. The molecule has 0 saturated heterocycles. The maximum atomic E-state index is 12.8. The summed E-state index contributed by atoms with van der Waals surface area (Å²) in [5.41, 5.74) is 1.31. The Morgan fingerprint density at radius 1 is 1.00 bits per heavy atom. The summed E-state index contributed by atoms with van der Waals surface area (Å²) in [5, 5.41) is 3.39. The third-order valence-corrected chi connectivity index (χ3v) is 3.57. The molecule has 0 radical (unpaired) electrons. The molecule has 3 nitrogen and oxygen atoms in total. The molecule has 116 valence electrons. The molecule has 0 saturated carbocycles. The van der Waals surface area contributed by atoms with E-state index in [0.717, 1.165) is 5.56 Å². The molecular weight excluding hydrogens is 317 g/mol. The first-order chi connectivity index (χ1) is 11.1. The minimum atomic E-state index is -0.375. The second kappa shape index (κ2) is 6.67. The molecule has 0 atom stereocenters. The van der Waals surface area contributed by atoms with Crippen LogP contribution in [0.5, 0.6) is 0 Å². The Kier molecular flexibility index (Phi) is 4.44. The maximum Gasteiger partial charge on any atom is 0.251 e. The van der Waals surface area contributed by atoms with Gasteiger partial charge in [0.15, 0.2) is 0 Å². The van der Waals surface area contributed by atoms with Gasteiger partial charge in [0.2, 0.25) is 0 Å². The second-order valence-electron chi connectivity index (χ2n) is 4.96. The van der Waals surface area contributed by atoms with Crippen molar-refractivity contribution < 1.29 is 13.6 Å². The molecule has 2 aromatic carbocycles. The van der Waals surface area contributed by atoms with Crippen LogP contribution in [0, 0.1) is 5.82 Å². The molecule has 1 heterocycles. The van der Waals surface area contributed by atoms with Gasteiger partial charge >= 0.3 is 0 Å². The second-order valence-corrected chi connectivity index (χ2v) is 5.40. The van der Waals surface area contributed by atoms with Crippen molar-refractivity contribution >= 4 is 17.5 Å². The van der Waals surface area contributed by atoms with E-state index in [1.165, 1.54) is 24.3 Å². The quantitative estimate of drug-likeness (QED) is 0.755. The highest BCUT2D eigenvalue weighted by Crippen LogP contribution is 2.23. The van der Waals surface area contributed by atoms with Crippen LogP contribution in [0.25, 0.3) is 11.3 Å². The van der Waals surface area contributed by atoms with E-state index in [4.69, 9.17) is 16.0 Å². The summed E-state index contributed by atoms with van der Waals surface area (Å²) >= 11 is 5.86. The van der Waals surface area contributed by atoms with Gasteiger partial charge in [-0.1, -0.05) is 11.6 Å². The minimum Gasteiger partial charge on any atom is -0.459 e. The first kappa shape index (κ1) is 15.3.